The third-order valence-electron chi connectivity index (χ3n) is 3.70. The highest BCUT2D eigenvalue weighted by Gasteiger charge is 2.54. The minimum atomic E-state index is 0.275. The van der Waals surface area contributed by atoms with Crippen molar-refractivity contribution in [1.82, 2.24) is 15.5 Å². The molecule has 80 valence electrons. The van der Waals surface area contributed by atoms with E-state index in [1.54, 1.807) is 0 Å². The van der Waals surface area contributed by atoms with Gasteiger partial charge in [-0.25, -0.2) is 0 Å². The maximum absolute atomic E-state index is 5.79. The quantitative estimate of drug-likeness (QED) is 0.430. The van der Waals surface area contributed by atoms with Gasteiger partial charge in [0.2, 0.25) is 0 Å². The van der Waals surface area contributed by atoms with Crippen LogP contribution in [0.4, 0.5) is 0 Å². The highest BCUT2D eigenvalue weighted by molar-refractivity contribution is 5.08. The Kier molecular flexibility index (Phi) is 2.04. The minimum absolute atomic E-state index is 0.275. The lowest BCUT2D eigenvalue weighted by Crippen LogP contribution is -2.48. The van der Waals surface area contributed by atoms with Gasteiger partial charge in [-0.15, -0.1) is 0 Å². The van der Waals surface area contributed by atoms with Crippen LogP contribution in [0.15, 0.2) is 0 Å². The maximum atomic E-state index is 5.79. The van der Waals surface area contributed by atoms with Crippen molar-refractivity contribution in [3.05, 3.63) is 0 Å². The zero-order valence-corrected chi connectivity index (χ0v) is 8.44. The van der Waals surface area contributed by atoms with Crippen molar-refractivity contribution in [2.24, 2.45) is 11.7 Å². The topological polar surface area (TPSA) is 65.8 Å². The minimum Gasteiger partial charge on any atom is -0.351 e. The molecule has 0 aliphatic carbocycles. The van der Waals surface area contributed by atoms with Crippen LogP contribution >= 0.6 is 0 Å². The molecule has 5 heteroatoms. The van der Waals surface area contributed by atoms with Gasteiger partial charge in [0.15, 0.2) is 0 Å². The van der Waals surface area contributed by atoms with Crippen LogP contribution in [0, 0.1) is 5.92 Å². The molecule has 3 saturated heterocycles. The van der Waals surface area contributed by atoms with E-state index in [1.165, 1.54) is 0 Å². The fourth-order valence-corrected chi connectivity index (χ4v) is 2.89. The lowest BCUT2D eigenvalue weighted by atomic mass is 9.96. The molecule has 3 heterocycles. The molecule has 5 atom stereocenters. The summed E-state index contributed by atoms with van der Waals surface area (Å²) in [5.41, 5.74) is 5.79. The molecule has 4 N–H and O–H groups in total. The maximum Gasteiger partial charge on any atom is 0.137 e. The average Bonchev–Trinajstić information content (AvgIpc) is 2.86. The molecule has 3 fully saturated rings. The van der Waals surface area contributed by atoms with E-state index in [1.807, 2.05) is 0 Å². The molecule has 0 radical (unpaired) electrons. The normalized spacial score (nSPS) is 52.3. The second-order valence-corrected chi connectivity index (χ2v) is 4.56. The zero-order chi connectivity index (χ0) is 9.71. The van der Waals surface area contributed by atoms with Gasteiger partial charge in [0.25, 0.3) is 0 Å². The number of hydrogen-bond donors (Lipinski definition) is 3. The lowest BCUT2D eigenvalue weighted by molar-refractivity contribution is 0.147. The van der Waals surface area contributed by atoms with E-state index >= 15 is 0 Å². The van der Waals surface area contributed by atoms with E-state index in [0.717, 1.165) is 19.8 Å². The highest BCUT2D eigenvalue weighted by atomic mass is 16.6. The summed E-state index contributed by atoms with van der Waals surface area (Å²) in [7, 11) is 2.16. The number of nitrogens with one attached hydrogen (secondary N) is 2. The van der Waals surface area contributed by atoms with Gasteiger partial charge in [0.1, 0.15) is 12.3 Å². The van der Waals surface area contributed by atoms with E-state index in [4.69, 9.17) is 10.5 Å². The molecule has 0 aromatic carbocycles. The standard InChI is InChI=1S/C9H18N4O/c1-13-4-12-9-8(14-9)6-7(13)5(2-10)3-11-6/h5-9,11-12H,2-4,10H2,1H3. The molecule has 0 amide bonds. The van der Waals surface area contributed by atoms with Gasteiger partial charge in [-0.2, -0.15) is 0 Å². The third kappa shape index (κ3) is 1.20. The largest absolute Gasteiger partial charge is 0.351 e. The molecule has 0 bridgehead atoms. The summed E-state index contributed by atoms with van der Waals surface area (Å²) < 4.78 is 5.57. The Morgan fingerprint density at radius 2 is 2.36 bits per heavy atom. The Morgan fingerprint density at radius 3 is 3.14 bits per heavy atom. The van der Waals surface area contributed by atoms with Gasteiger partial charge >= 0.3 is 0 Å². The molecule has 0 aromatic rings. The molecule has 0 spiro atoms. The predicted octanol–water partition coefficient (Wildman–Crippen LogP) is -1.88. The average molecular weight is 198 g/mol. The number of ether oxygens (including phenoxy) is 1. The first kappa shape index (κ1) is 9.06. The molecule has 3 aliphatic rings. The lowest BCUT2D eigenvalue weighted by Gasteiger charge is -2.30. The first-order valence-corrected chi connectivity index (χ1v) is 5.34. The van der Waals surface area contributed by atoms with Gasteiger partial charge in [-0.05, 0) is 13.6 Å². The van der Waals surface area contributed by atoms with Crippen molar-refractivity contribution in [3.8, 4) is 0 Å². The number of nitrogens with two attached hydrogens (primary N) is 1. The van der Waals surface area contributed by atoms with Crippen LogP contribution in [0.2, 0.25) is 0 Å². The number of rotatable bonds is 1. The molecule has 3 aliphatic heterocycles. The molecular weight excluding hydrogens is 180 g/mol. The Labute approximate surface area is 84.0 Å². The highest BCUT2D eigenvalue weighted by Crippen LogP contribution is 2.34. The Hall–Kier alpha value is -0.200. The van der Waals surface area contributed by atoms with Crippen LogP contribution in [0.3, 0.4) is 0 Å². The van der Waals surface area contributed by atoms with Gasteiger partial charge in [0, 0.05) is 18.5 Å². The molecule has 14 heavy (non-hydrogen) atoms. The van der Waals surface area contributed by atoms with E-state index < -0.39 is 0 Å². The van der Waals surface area contributed by atoms with Gasteiger partial charge in [-0.1, -0.05) is 0 Å². The third-order valence-corrected chi connectivity index (χ3v) is 3.70. The Balaban J connectivity index is 1.82. The SMILES string of the molecule is CN1CNC2OC2C2NCC(CN)C21. The summed E-state index contributed by atoms with van der Waals surface area (Å²) in [5, 5.41) is 6.90. The number of hydrogen-bond acceptors (Lipinski definition) is 5. The smallest absolute Gasteiger partial charge is 0.137 e. The number of likely N-dealkylation sites (N-methyl/N-ethyl adjacent to an activating group) is 1. The Morgan fingerprint density at radius 1 is 1.50 bits per heavy atom. The van der Waals surface area contributed by atoms with Crippen LogP contribution in [0.25, 0.3) is 0 Å². The second-order valence-electron chi connectivity index (χ2n) is 4.56. The van der Waals surface area contributed by atoms with Crippen molar-refractivity contribution in [1.29, 1.82) is 0 Å². The van der Waals surface area contributed by atoms with Gasteiger partial charge in [0.05, 0.1) is 12.7 Å². The summed E-state index contributed by atoms with van der Waals surface area (Å²) in [6.45, 7) is 2.69. The molecule has 3 rings (SSSR count). The van der Waals surface area contributed by atoms with Crippen molar-refractivity contribution in [2.75, 3.05) is 26.8 Å². The Bertz CT molecular complexity index is 237. The van der Waals surface area contributed by atoms with Crippen molar-refractivity contribution in [2.45, 2.75) is 24.4 Å². The van der Waals surface area contributed by atoms with Crippen molar-refractivity contribution in [3.63, 3.8) is 0 Å². The fraction of sp³-hybridized carbons (Fsp3) is 1.00. The number of nitrogens with zero attached hydrogens (tertiary/aromatic N) is 1. The van der Waals surface area contributed by atoms with Crippen LogP contribution < -0.4 is 16.4 Å². The molecule has 0 aromatic heterocycles. The van der Waals surface area contributed by atoms with E-state index in [0.29, 0.717) is 24.1 Å². The first-order valence-electron chi connectivity index (χ1n) is 5.34. The summed E-state index contributed by atoms with van der Waals surface area (Å²) in [4.78, 5) is 2.36. The van der Waals surface area contributed by atoms with E-state index in [2.05, 4.69) is 22.6 Å². The number of fused-ring (bicyclic) bond motifs is 3. The monoisotopic (exact) mass is 198 g/mol. The predicted molar refractivity (Wildman–Crippen MR) is 52.5 cm³/mol. The van der Waals surface area contributed by atoms with Crippen molar-refractivity contribution < 1.29 is 4.74 Å². The van der Waals surface area contributed by atoms with Crippen molar-refractivity contribution >= 4 is 0 Å². The zero-order valence-electron chi connectivity index (χ0n) is 8.44. The van der Waals surface area contributed by atoms with Gasteiger partial charge in [-0.3, -0.25) is 10.2 Å². The van der Waals surface area contributed by atoms with E-state index in [9.17, 15) is 0 Å². The molecule has 5 unspecified atom stereocenters. The number of epoxide rings is 1. The molecule has 0 saturated carbocycles. The summed E-state index contributed by atoms with van der Waals surface area (Å²) in [5.74, 6) is 0.565. The van der Waals surface area contributed by atoms with E-state index in [-0.39, 0.29) is 6.23 Å². The van der Waals surface area contributed by atoms with Crippen LogP contribution in [-0.2, 0) is 4.74 Å². The first-order chi connectivity index (χ1) is 6.81. The summed E-state index contributed by atoms with van der Waals surface area (Å²) in [6.07, 6.45) is 0.637. The molecular formula is C9H18N4O. The van der Waals surface area contributed by atoms with Crippen LogP contribution in [0.1, 0.15) is 0 Å². The van der Waals surface area contributed by atoms with Gasteiger partial charge < -0.3 is 15.8 Å². The second kappa shape index (κ2) is 3.15. The van der Waals surface area contributed by atoms with Crippen LogP contribution in [-0.4, -0.2) is 56.1 Å². The summed E-state index contributed by atoms with van der Waals surface area (Å²) >= 11 is 0. The summed E-state index contributed by atoms with van der Waals surface area (Å²) in [6, 6.07) is 0.999. The fourth-order valence-electron chi connectivity index (χ4n) is 2.89. The van der Waals surface area contributed by atoms with Crippen LogP contribution in [0.5, 0.6) is 0 Å². The molecule has 5 nitrogen and oxygen atoms in total.